The monoisotopic (exact) mass is 360 g/mol. The second-order valence-electron chi connectivity index (χ2n) is 6.63. The van der Waals surface area contributed by atoms with Crippen molar-refractivity contribution in [3.05, 3.63) is 35.7 Å². The number of H-pyrrole nitrogens is 1. The molecule has 0 aliphatic carbocycles. The topological polar surface area (TPSA) is 88.3 Å². The van der Waals surface area contributed by atoms with E-state index in [0.717, 1.165) is 38.5 Å². The van der Waals surface area contributed by atoms with Gasteiger partial charge in [-0.1, -0.05) is 37.8 Å². The third kappa shape index (κ3) is 6.17. The summed E-state index contributed by atoms with van der Waals surface area (Å²) in [5.41, 5.74) is 0.707. The molecule has 2 N–H and O–H groups in total. The molecule has 1 aromatic rings. The van der Waals surface area contributed by atoms with Crippen molar-refractivity contribution in [3.63, 3.8) is 0 Å². The third-order valence-corrected chi connectivity index (χ3v) is 4.59. The zero-order valence-corrected chi connectivity index (χ0v) is 15.4. The van der Waals surface area contributed by atoms with Crippen molar-refractivity contribution in [1.29, 1.82) is 0 Å². The molecule has 6 heteroatoms. The minimum Gasteiger partial charge on any atom is -0.467 e. The van der Waals surface area contributed by atoms with Crippen LogP contribution in [0, 0.1) is 0 Å². The Bertz CT molecular complexity index is 648. The lowest BCUT2D eigenvalue weighted by Crippen LogP contribution is -2.41. The second kappa shape index (κ2) is 10.6. The molecule has 0 spiro atoms. The number of fused-ring (bicyclic) bond motifs is 2. The molecule has 1 aromatic heterocycles. The molecule has 0 saturated carbocycles. The molecule has 6 nitrogen and oxygen atoms in total. The Hall–Kier alpha value is -2.37. The van der Waals surface area contributed by atoms with Crippen molar-refractivity contribution in [1.82, 2.24) is 10.3 Å². The molecule has 2 heterocycles. The van der Waals surface area contributed by atoms with E-state index in [9.17, 15) is 14.4 Å². The number of carbonyl (C=O) groups is 3. The van der Waals surface area contributed by atoms with Gasteiger partial charge >= 0.3 is 5.97 Å². The molecule has 2 rings (SSSR count). The Morgan fingerprint density at radius 2 is 1.69 bits per heavy atom. The molecule has 1 aliphatic heterocycles. The number of ether oxygens (including phenoxy) is 1. The van der Waals surface area contributed by atoms with Crippen molar-refractivity contribution in [2.75, 3.05) is 7.11 Å². The molecule has 0 radical (unpaired) electrons. The van der Waals surface area contributed by atoms with Crippen LogP contribution in [0.2, 0.25) is 0 Å². The number of nitrogens with one attached hydrogen (secondary N) is 2. The van der Waals surface area contributed by atoms with Crippen LogP contribution in [0.4, 0.5) is 0 Å². The van der Waals surface area contributed by atoms with Gasteiger partial charge in [0.15, 0.2) is 5.78 Å². The van der Waals surface area contributed by atoms with Gasteiger partial charge in [-0.15, -0.1) is 0 Å². The van der Waals surface area contributed by atoms with E-state index in [4.69, 9.17) is 4.74 Å². The normalized spacial score (nSPS) is 20.7. The Morgan fingerprint density at radius 3 is 2.46 bits per heavy atom. The highest BCUT2D eigenvalue weighted by Gasteiger charge is 2.22. The summed E-state index contributed by atoms with van der Waals surface area (Å²) in [6, 6.07) is 2.45. The molecule has 2 bridgehead atoms. The summed E-state index contributed by atoms with van der Waals surface area (Å²) in [5.74, 6) is -0.896. The van der Waals surface area contributed by atoms with Gasteiger partial charge in [-0.3, -0.25) is 9.59 Å². The van der Waals surface area contributed by atoms with Crippen LogP contribution < -0.4 is 5.32 Å². The van der Waals surface area contributed by atoms with Crippen molar-refractivity contribution in [2.24, 2.45) is 0 Å². The van der Waals surface area contributed by atoms with Crippen LogP contribution in [-0.4, -0.2) is 35.8 Å². The first-order chi connectivity index (χ1) is 12.6. The quantitative estimate of drug-likeness (QED) is 0.592. The van der Waals surface area contributed by atoms with Crippen LogP contribution in [0.25, 0.3) is 0 Å². The zero-order chi connectivity index (χ0) is 18.8. The first kappa shape index (κ1) is 19.9. The Labute approximate surface area is 154 Å². The lowest BCUT2D eigenvalue weighted by Gasteiger charge is -2.14. The number of esters is 1. The molecule has 0 unspecified atom stereocenters. The average molecular weight is 360 g/mol. The average Bonchev–Trinajstić information content (AvgIpc) is 3.13. The number of carbonyl (C=O) groups excluding carboxylic acids is 3. The second-order valence-corrected chi connectivity index (χ2v) is 6.63. The summed E-state index contributed by atoms with van der Waals surface area (Å²) >= 11 is 0. The van der Waals surface area contributed by atoms with E-state index in [1.165, 1.54) is 13.5 Å². The molecule has 0 saturated heterocycles. The van der Waals surface area contributed by atoms with Crippen LogP contribution in [0.3, 0.4) is 0 Å². The largest absolute Gasteiger partial charge is 0.467 e. The van der Waals surface area contributed by atoms with E-state index in [-0.39, 0.29) is 11.5 Å². The molecular formula is C20H28N2O4. The van der Waals surface area contributed by atoms with Crippen molar-refractivity contribution in [2.45, 2.75) is 63.8 Å². The predicted octanol–water partition coefficient (Wildman–Crippen LogP) is 3.55. The van der Waals surface area contributed by atoms with Gasteiger partial charge in [0.05, 0.1) is 12.8 Å². The number of rotatable bonds is 1. The Kier molecular flexibility index (Phi) is 8.12. The number of Topliss-reactive ketones (excluding diaryl/α,β-unsaturated/α-hetero) is 1. The number of ketones is 1. The van der Waals surface area contributed by atoms with Crippen molar-refractivity contribution in [3.8, 4) is 0 Å². The predicted molar refractivity (Wildman–Crippen MR) is 99.1 cm³/mol. The summed E-state index contributed by atoms with van der Waals surface area (Å²) in [7, 11) is 1.30. The molecule has 0 fully saturated rings. The number of allylic oxidation sites excluding steroid dienone is 1. The van der Waals surface area contributed by atoms with E-state index in [2.05, 4.69) is 16.4 Å². The van der Waals surface area contributed by atoms with Gasteiger partial charge in [-0.2, -0.15) is 0 Å². The minimum absolute atomic E-state index is 0.0117. The Morgan fingerprint density at radius 1 is 1.00 bits per heavy atom. The molecule has 26 heavy (non-hydrogen) atoms. The molecular weight excluding hydrogens is 332 g/mol. The number of aromatic nitrogens is 1. The van der Waals surface area contributed by atoms with E-state index in [1.807, 2.05) is 6.08 Å². The minimum atomic E-state index is -0.745. The van der Waals surface area contributed by atoms with E-state index < -0.39 is 17.9 Å². The Balaban J connectivity index is 2.10. The molecule has 1 atom stereocenters. The lowest BCUT2D eigenvalue weighted by atomic mass is 10.1. The first-order valence-corrected chi connectivity index (χ1v) is 9.37. The fraction of sp³-hybridized carbons (Fsp3) is 0.550. The van der Waals surface area contributed by atoms with Crippen LogP contribution in [-0.2, 0) is 9.53 Å². The standard InChI is InChI=1S/C20H28N2O4/c1-26-20(25)17-11-9-7-5-3-2-4-6-8-10-12-18(23)15-13-14-16(21-15)19(24)22-17/h7,9,13-14,17,21H,2-6,8,10-12H2,1H3,(H,22,24)/t17-/m0/s1. The highest BCUT2D eigenvalue weighted by Crippen LogP contribution is 2.13. The molecule has 142 valence electrons. The van der Waals surface area contributed by atoms with Gasteiger partial charge in [0.2, 0.25) is 0 Å². The van der Waals surface area contributed by atoms with Gasteiger partial charge in [0.1, 0.15) is 11.7 Å². The van der Waals surface area contributed by atoms with Gasteiger partial charge < -0.3 is 15.0 Å². The number of hydrogen-bond acceptors (Lipinski definition) is 4. The van der Waals surface area contributed by atoms with Gasteiger partial charge in [0, 0.05) is 6.42 Å². The van der Waals surface area contributed by atoms with Gasteiger partial charge in [-0.05, 0) is 37.8 Å². The highest BCUT2D eigenvalue weighted by atomic mass is 16.5. The number of aromatic amines is 1. The number of amides is 1. The maximum absolute atomic E-state index is 12.4. The zero-order valence-electron chi connectivity index (χ0n) is 15.4. The van der Waals surface area contributed by atoms with Crippen molar-refractivity contribution < 1.29 is 19.1 Å². The van der Waals surface area contributed by atoms with E-state index >= 15 is 0 Å². The van der Waals surface area contributed by atoms with E-state index in [0.29, 0.717) is 18.5 Å². The van der Waals surface area contributed by atoms with E-state index in [1.54, 1.807) is 12.1 Å². The number of hydrogen-bond donors (Lipinski definition) is 2. The summed E-state index contributed by atoms with van der Waals surface area (Å²) in [5, 5.41) is 2.67. The SMILES string of the molecule is COC(=O)[C@@H]1CC=CCCCCCCCCC(=O)c2ccc([nH]2)C(=O)N1. The van der Waals surface area contributed by atoms with Crippen LogP contribution in [0.1, 0.15) is 78.8 Å². The fourth-order valence-electron chi connectivity index (χ4n) is 3.02. The summed E-state index contributed by atoms with van der Waals surface area (Å²) in [4.78, 5) is 39.4. The molecule has 0 aromatic carbocycles. The van der Waals surface area contributed by atoms with Crippen LogP contribution in [0.15, 0.2) is 24.3 Å². The summed E-state index contributed by atoms with van der Waals surface area (Å²) in [6.07, 6.45) is 12.3. The summed E-state index contributed by atoms with van der Waals surface area (Å²) in [6.45, 7) is 0. The maximum Gasteiger partial charge on any atom is 0.328 e. The number of methoxy groups -OCH3 is 1. The third-order valence-electron chi connectivity index (χ3n) is 4.59. The lowest BCUT2D eigenvalue weighted by molar-refractivity contribution is -0.142. The van der Waals surface area contributed by atoms with Gasteiger partial charge in [-0.25, -0.2) is 4.79 Å². The molecule has 1 amide bonds. The molecule has 1 aliphatic rings. The highest BCUT2D eigenvalue weighted by molar-refractivity contribution is 5.99. The maximum atomic E-state index is 12.4. The summed E-state index contributed by atoms with van der Waals surface area (Å²) < 4.78 is 4.78. The van der Waals surface area contributed by atoms with Crippen molar-refractivity contribution >= 4 is 17.7 Å². The van der Waals surface area contributed by atoms with Crippen LogP contribution >= 0.6 is 0 Å². The van der Waals surface area contributed by atoms with Gasteiger partial charge in [0.25, 0.3) is 5.91 Å². The van der Waals surface area contributed by atoms with Crippen LogP contribution in [0.5, 0.6) is 0 Å². The first-order valence-electron chi connectivity index (χ1n) is 9.37. The smallest absolute Gasteiger partial charge is 0.328 e. The fourth-order valence-corrected chi connectivity index (χ4v) is 3.02.